The lowest BCUT2D eigenvalue weighted by atomic mass is 9.85. The Labute approximate surface area is 85.5 Å². The second-order valence-electron chi connectivity index (χ2n) is 4.56. The molecular formula is C9H18N2O2S. The fourth-order valence-corrected chi connectivity index (χ4v) is 4.14. The van der Waals surface area contributed by atoms with E-state index in [-0.39, 0.29) is 0 Å². The lowest BCUT2D eigenvalue weighted by Gasteiger charge is -2.29. The maximum Gasteiger partial charge on any atom is 0.225 e. The van der Waals surface area contributed by atoms with E-state index < -0.39 is 15.4 Å². The van der Waals surface area contributed by atoms with Crippen LogP contribution in [0.1, 0.15) is 32.1 Å². The van der Waals surface area contributed by atoms with Gasteiger partial charge in [-0.25, -0.2) is 13.6 Å². The molecule has 0 radical (unpaired) electrons. The third-order valence-corrected chi connectivity index (χ3v) is 5.01. The van der Waals surface area contributed by atoms with E-state index in [0.717, 1.165) is 12.8 Å². The van der Waals surface area contributed by atoms with Crippen molar-refractivity contribution in [1.29, 1.82) is 0 Å². The summed E-state index contributed by atoms with van der Waals surface area (Å²) in [4.78, 5) is 1.97. The summed E-state index contributed by atoms with van der Waals surface area (Å²) in [7, 11) is -1.49. The Kier molecular flexibility index (Phi) is 2.57. The van der Waals surface area contributed by atoms with E-state index >= 15 is 0 Å². The lowest BCUT2D eigenvalue weighted by Crippen LogP contribution is -2.41. The maximum absolute atomic E-state index is 11.3. The van der Waals surface area contributed by atoms with Crippen LogP contribution in [0.5, 0.6) is 0 Å². The first kappa shape index (κ1) is 10.4. The minimum atomic E-state index is -3.38. The van der Waals surface area contributed by atoms with Gasteiger partial charge in [0.05, 0.1) is 0 Å². The van der Waals surface area contributed by atoms with Crippen LogP contribution in [0.2, 0.25) is 0 Å². The highest BCUT2D eigenvalue weighted by Crippen LogP contribution is 2.39. The van der Waals surface area contributed by atoms with Crippen LogP contribution < -0.4 is 5.14 Å². The predicted octanol–water partition coefficient (Wildman–Crippen LogP) is 0.495. The molecule has 2 N–H and O–H groups in total. The van der Waals surface area contributed by atoms with Crippen molar-refractivity contribution in [3.8, 4) is 0 Å². The van der Waals surface area contributed by atoms with Gasteiger partial charge in [-0.1, -0.05) is 12.8 Å². The summed E-state index contributed by atoms with van der Waals surface area (Å²) in [6.45, 7) is 0. The summed E-state index contributed by atoms with van der Waals surface area (Å²) >= 11 is 0. The Balaban J connectivity index is 2.18. The summed E-state index contributed by atoms with van der Waals surface area (Å²) in [5, 5.41) is 4.78. The number of sulfonamides is 1. The summed E-state index contributed by atoms with van der Waals surface area (Å²) in [5.41, 5.74) is 0. The van der Waals surface area contributed by atoms with Crippen molar-refractivity contribution < 1.29 is 8.42 Å². The zero-order chi connectivity index (χ0) is 10.3. The van der Waals surface area contributed by atoms with Crippen molar-refractivity contribution in [1.82, 2.24) is 4.90 Å². The number of nitrogens with zero attached hydrogens (tertiary/aromatic N) is 1. The first-order valence-corrected chi connectivity index (χ1v) is 6.84. The number of primary sulfonamides is 1. The van der Waals surface area contributed by atoms with Crippen molar-refractivity contribution >= 4 is 10.0 Å². The molecule has 2 aliphatic rings. The molecule has 0 spiro atoms. The van der Waals surface area contributed by atoms with Gasteiger partial charge in [-0.3, -0.25) is 4.90 Å². The van der Waals surface area contributed by atoms with E-state index in [1.54, 1.807) is 0 Å². The smallest absolute Gasteiger partial charge is 0.225 e. The van der Waals surface area contributed by atoms with Crippen molar-refractivity contribution in [3.05, 3.63) is 0 Å². The zero-order valence-electron chi connectivity index (χ0n) is 8.52. The number of fused-ring (bicyclic) bond motifs is 1. The Hall–Kier alpha value is -0.130. The number of hydrogen-bond donors (Lipinski definition) is 1. The van der Waals surface area contributed by atoms with Crippen LogP contribution in [0.15, 0.2) is 0 Å². The molecule has 3 unspecified atom stereocenters. The van der Waals surface area contributed by atoms with Crippen LogP contribution in [-0.2, 0) is 10.0 Å². The van der Waals surface area contributed by atoms with Gasteiger partial charge in [0, 0.05) is 6.04 Å². The normalized spacial score (nSPS) is 39.7. The van der Waals surface area contributed by atoms with E-state index in [1.807, 2.05) is 11.9 Å². The van der Waals surface area contributed by atoms with Crippen LogP contribution in [0, 0.1) is 5.92 Å². The minimum Gasteiger partial charge on any atom is -0.286 e. The molecule has 14 heavy (non-hydrogen) atoms. The molecule has 3 atom stereocenters. The molecule has 1 aliphatic carbocycles. The van der Waals surface area contributed by atoms with E-state index in [0.29, 0.717) is 12.0 Å². The SMILES string of the molecule is CN1C2CCCCC2CC1S(N)(=O)=O. The molecule has 0 bridgehead atoms. The summed E-state index contributed by atoms with van der Waals surface area (Å²) < 4.78 is 22.6. The molecular weight excluding hydrogens is 200 g/mol. The number of likely N-dealkylation sites (tertiary alicyclic amines) is 1. The van der Waals surface area contributed by atoms with Gasteiger partial charge in [0.1, 0.15) is 5.37 Å². The fourth-order valence-electron chi connectivity index (χ4n) is 3.00. The lowest BCUT2D eigenvalue weighted by molar-refractivity contribution is 0.206. The van der Waals surface area contributed by atoms with E-state index in [4.69, 9.17) is 5.14 Å². The van der Waals surface area contributed by atoms with Crippen molar-refractivity contribution in [2.75, 3.05) is 7.05 Å². The van der Waals surface area contributed by atoms with E-state index in [2.05, 4.69) is 0 Å². The molecule has 1 heterocycles. The zero-order valence-corrected chi connectivity index (χ0v) is 9.33. The largest absolute Gasteiger partial charge is 0.286 e. The van der Waals surface area contributed by atoms with Gasteiger partial charge in [-0.05, 0) is 32.2 Å². The van der Waals surface area contributed by atoms with Crippen LogP contribution in [0.4, 0.5) is 0 Å². The third-order valence-electron chi connectivity index (χ3n) is 3.73. The van der Waals surface area contributed by atoms with Gasteiger partial charge < -0.3 is 0 Å². The first-order chi connectivity index (χ1) is 6.50. The van der Waals surface area contributed by atoms with Crippen molar-refractivity contribution in [2.45, 2.75) is 43.5 Å². The van der Waals surface area contributed by atoms with Gasteiger partial charge in [0.2, 0.25) is 10.0 Å². The summed E-state index contributed by atoms with van der Waals surface area (Å²) in [5.74, 6) is 0.553. The molecule has 5 heteroatoms. The highest BCUT2D eigenvalue weighted by atomic mass is 32.2. The Morgan fingerprint density at radius 2 is 1.93 bits per heavy atom. The first-order valence-electron chi connectivity index (χ1n) is 5.23. The second-order valence-corrected chi connectivity index (χ2v) is 6.28. The molecule has 1 aliphatic heterocycles. The molecule has 1 saturated heterocycles. The number of hydrogen-bond acceptors (Lipinski definition) is 3. The molecule has 82 valence electrons. The molecule has 4 nitrogen and oxygen atoms in total. The number of nitrogens with two attached hydrogens (primary N) is 1. The van der Waals surface area contributed by atoms with E-state index in [9.17, 15) is 8.42 Å². The Morgan fingerprint density at radius 3 is 2.50 bits per heavy atom. The van der Waals surface area contributed by atoms with Crippen LogP contribution >= 0.6 is 0 Å². The van der Waals surface area contributed by atoms with Gasteiger partial charge in [-0.15, -0.1) is 0 Å². The molecule has 2 fully saturated rings. The fraction of sp³-hybridized carbons (Fsp3) is 1.00. The summed E-state index contributed by atoms with van der Waals surface area (Å²) in [6.07, 6.45) is 5.50. The third kappa shape index (κ3) is 1.68. The standard InChI is InChI=1S/C9H18N2O2S/c1-11-8-5-3-2-4-7(8)6-9(11)14(10,12)13/h7-9H,2-6H2,1H3,(H2,10,12,13). The highest BCUT2D eigenvalue weighted by Gasteiger charge is 2.44. The average molecular weight is 218 g/mol. The second kappa shape index (κ2) is 3.47. The molecule has 0 aromatic carbocycles. The highest BCUT2D eigenvalue weighted by molar-refractivity contribution is 7.89. The molecule has 0 amide bonds. The number of rotatable bonds is 1. The average Bonchev–Trinajstić information content (AvgIpc) is 2.44. The van der Waals surface area contributed by atoms with Crippen LogP contribution in [-0.4, -0.2) is 31.8 Å². The molecule has 2 rings (SSSR count). The topological polar surface area (TPSA) is 63.4 Å². The van der Waals surface area contributed by atoms with Gasteiger partial charge in [0.25, 0.3) is 0 Å². The predicted molar refractivity (Wildman–Crippen MR) is 55.0 cm³/mol. The van der Waals surface area contributed by atoms with Crippen LogP contribution in [0.25, 0.3) is 0 Å². The summed E-state index contributed by atoms with van der Waals surface area (Å²) in [6, 6.07) is 0.451. The molecule has 0 aromatic rings. The van der Waals surface area contributed by atoms with Crippen LogP contribution in [0.3, 0.4) is 0 Å². The van der Waals surface area contributed by atoms with Gasteiger partial charge >= 0.3 is 0 Å². The Bertz CT molecular complexity index is 315. The van der Waals surface area contributed by atoms with Crippen molar-refractivity contribution in [2.24, 2.45) is 11.1 Å². The molecule has 1 saturated carbocycles. The minimum absolute atomic E-state index is 0.435. The Morgan fingerprint density at radius 1 is 1.29 bits per heavy atom. The molecule has 0 aromatic heterocycles. The van der Waals surface area contributed by atoms with Gasteiger partial charge in [0.15, 0.2) is 0 Å². The quantitative estimate of drug-likeness (QED) is 0.697. The van der Waals surface area contributed by atoms with Gasteiger partial charge in [-0.2, -0.15) is 0 Å². The van der Waals surface area contributed by atoms with Crippen molar-refractivity contribution in [3.63, 3.8) is 0 Å². The maximum atomic E-state index is 11.3. The monoisotopic (exact) mass is 218 g/mol. The van der Waals surface area contributed by atoms with E-state index in [1.165, 1.54) is 19.3 Å².